The Morgan fingerprint density at radius 1 is 1.11 bits per heavy atom. The summed E-state index contributed by atoms with van der Waals surface area (Å²) in [6.07, 6.45) is 2.04. The first kappa shape index (κ1) is 24.5. The maximum Gasteiger partial charge on any atom is 0.226 e. The maximum absolute atomic E-state index is 12.3. The second-order valence-corrected chi connectivity index (χ2v) is 8.36. The van der Waals surface area contributed by atoms with Gasteiger partial charge in [-0.05, 0) is 42.3 Å². The molecule has 35 heavy (non-hydrogen) atoms. The van der Waals surface area contributed by atoms with E-state index >= 15 is 0 Å². The van der Waals surface area contributed by atoms with Gasteiger partial charge in [-0.2, -0.15) is 0 Å². The SMILES string of the molecule is CC#Cc1cc(OCCN2CCOCC2)ccc1-c1ccc(CC(=O)NCc2ccccc2)nc1. The highest BCUT2D eigenvalue weighted by molar-refractivity contribution is 5.78. The summed E-state index contributed by atoms with van der Waals surface area (Å²) in [6.45, 7) is 7.32. The summed E-state index contributed by atoms with van der Waals surface area (Å²) in [5.41, 5.74) is 4.64. The van der Waals surface area contributed by atoms with Gasteiger partial charge in [0.2, 0.25) is 5.91 Å². The summed E-state index contributed by atoms with van der Waals surface area (Å²) in [7, 11) is 0. The number of rotatable bonds is 9. The molecule has 2 aromatic carbocycles. The third-order valence-electron chi connectivity index (χ3n) is 5.84. The predicted octanol–water partition coefficient (Wildman–Crippen LogP) is 3.69. The van der Waals surface area contributed by atoms with Crippen LogP contribution in [0.25, 0.3) is 11.1 Å². The molecule has 1 saturated heterocycles. The number of aromatic nitrogens is 1. The van der Waals surface area contributed by atoms with Crippen molar-refractivity contribution in [3.8, 4) is 28.7 Å². The summed E-state index contributed by atoms with van der Waals surface area (Å²) in [4.78, 5) is 19.2. The molecule has 1 aliphatic rings. The molecule has 0 bridgehead atoms. The van der Waals surface area contributed by atoms with Gasteiger partial charge in [-0.15, -0.1) is 5.92 Å². The Bertz CT molecular complexity index is 1160. The lowest BCUT2D eigenvalue weighted by Gasteiger charge is -2.26. The Labute approximate surface area is 207 Å². The summed E-state index contributed by atoms with van der Waals surface area (Å²) in [5.74, 6) is 6.93. The number of carbonyl (C=O) groups excluding carboxylic acids is 1. The molecule has 4 rings (SSSR count). The van der Waals surface area contributed by atoms with Crippen molar-refractivity contribution in [2.24, 2.45) is 0 Å². The maximum atomic E-state index is 12.3. The van der Waals surface area contributed by atoms with Crippen LogP contribution in [0.2, 0.25) is 0 Å². The summed E-state index contributed by atoms with van der Waals surface area (Å²) in [5, 5.41) is 2.94. The van der Waals surface area contributed by atoms with Crippen molar-refractivity contribution in [3.63, 3.8) is 0 Å². The van der Waals surface area contributed by atoms with E-state index in [1.807, 2.05) is 67.6 Å². The molecule has 6 heteroatoms. The fourth-order valence-electron chi connectivity index (χ4n) is 3.93. The first-order chi connectivity index (χ1) is 17.2. The number of carbonyl (C=O) groups is 1. The van der Waals surface area contributed by atoms with Crippen molar-refractivity contribution in [2.45, 2.75) is 19.9 Å². The lowest BCUT2D eigenvalue weighted by Crippen LogP contribution is -2.38. The van der Waals surface area contributed by atoms with Gasteiger partial charge < -0.3 is 14.8 Å². The first-order valence-corrected chi connectivity index (χ1v) is 12.0. The monoisotopic (exact) mass is 469 g/mol. The summed E-state index contributed by atoms with van der Waals surface area (Å²) < 4.78 is 11.4. The Hall–Kier alpha value is -3.66. The minimum atomic E-state index is -0.0507. The van der Waals surface area contributed by atoms with Gasteiger partial charge in [0.15, 0.2) is 0 Å². The Balaban J connectivity index is 1.35. The topological polar surface area (TPSA) is 63.7 Å². The van der Waals surface area contributed by atoms with Gasteiger partial charge in [-0.25, -0.2) is 0 Å². The highest BCUT2D eigenvalue weighted by Gasteiger charge is 2.11. The van der Waals surface area contributed by atoms with Gasteiger partial charge in [-0.3, -0.25) is 14.7 Å². The Morgan fingerprint density at radius 2 is 1.94 bits per heavy atom. The lowest BCUT2D eigenvalue weighted by molar-refractivity contribution is -0.120. The van der Waals surface area contributed by atoms with E-state index in [4.69, 9.17) is 9.47 Å². The third-order valence-corrected chi connectivity index (χ3v) is 5.84. The molecule has 0 spiro atoms. The molecule has 2 heterocycles. The molecule has 1 fully saturated rings. The van der Waals surface area contributed by atoms with Crippen molar-refractivity contribution in [1.29, 1.82) is 0 Å². The number of nitrogens with zero attached hydrogens (tertiary/aromatic N) is 2. The molecular formula is C29H31N3O3. The Morgan fingerprint density at radius 3 is 2.69 bits per heavy atom. The highest BCUT2D eigenvalue weighted by Crippen LogP contribution is 2.27. The van der Waals surface area contributed by atoms with Crippen molar-refractivity contribution < 1.29 is 14.3 Å². The van der Waals surface area contributed by atoms with Crippen LogP contribution in [0.3, 0.4) is 0 Å². The van der Waals surface area contributed by atoms with Gasteiger partial charge in [0.05, 0.1) is 19.6 Å². The fourth-order valence-corrected chi connectivity index (χ4v) is 3.93. The predicted molar refractivity (Wildman–Crippen MR) is 137 cm³/mol. The smallest absolute Gasteiger partial charge is 0.226 e. The van der Waals surface area contributed by atoms with Crippen LogP contribution in [0.4, 0.5) is 0 Å². The molecule has 0 radical (unpaired) electrons. The van der Waals surface area contributed by atoms with Crippen LogP contribution in [0.15, 0.2) is 66.9 Å². The van der Waals surface area contributed by atoms with Crippen LogP contribution in [0.1, 0.15) is 23.7 Å². The number of hydrogen-bond acceptors (Lipinski definition) is 5. The van der Waals surface area contributed by atoms with Crippen LogP contribution in [-0.4, -0.2) is 55.2 Å². The van der Waals surface area contributed by atoms with Gasteiger partial charge in [0.1, 0.15) is 12.4 Å². The number of amides is 1. The van der Waals surface area contributed by atoms with Crippen molar-refractivity contribution >= 4 is 5.91 Å². The van der Waals surface area contributed by atoms with Gasteiger partial charge in [0.25, 0.3) is 0 Å². The van der Waals surface area contributed by atoms with Crippen molar-refractivity contribution in [1.82, 2.24) is 15.2 Å². The molecule has 3 aromatic rings. The zero-order chi connectivity index (χ0) is 24.3. The third kappa shape index (κ3) is 7.41. The molecular weight excluding hydrogens is 438 g/mol. The number of morpholine rings is 1. The minimum Gasteiger partial charge on any atom is -0.492 e. The molecule has 1 N–H and O–H groups in total. The van der Waals surface area contributed by atoms with E-state index in [-0.39, 0.29) is 12.3 Å². The van der Waals surface area contributed by atoms with Crippen LogP contribution in [0.5, 0.6) is 5.75 Å². The number of pyridine rings is 1. The number of hydrogen-bond donors (Lipinski definition) is 1. The second-order valence-electron chi connectivity index (χ2n) is 8.36. The molecule has 180 valence electrons. The van der Waals surface area contributed by atoms with Crippen LogP contribution in [0, 0.1) is 11.8 Å². The quantitative estimate of drug-likeness (QED) is 0.485. The number of benzene rings is 2. The molecule has 6 nitrogen and oxygen atoms in total. The summed E-state index contributed by atoms with van der Waals surface area (Å²) >= 11 is 0. The van der Waals surface area contributed by atoms with E-state index in [2.05, 4.69) is 27.0 Å². The van der Waals surface area contributed by atoms with E-state index < -0.39 is 0 Å². The zero-order valence-corrected chi connectivity index (χ0v) is 20.1. The van der Waals surface area contributed by atoms with Gasteiger partial charge in [-0.1, -0.05) is 42.3 Å². The van der Waals surface area contributed by atoms with Crippen molar-refractivity contribution in [3.05, 3.63) is 83.7 Å². The number of ether oxygens (including phenoxy) is 2. The fraction of sp³-hybridized carbons (Fsp3) is 0.310. The minimum absolute atomic E-state index is 0.0507. The molecule has 0 atom stereocenters. The molecule has 0 saturated carbocycles. The van der Waals surface area contributed by atoms with Gasteiger partial charge in [0, 0.05) is 49.2 Å². The van der Waals surface area contributed by atoms with E-state index in [0.29, 0.717) is 13.2 Å². The van der Waals surface area contributed by atoms with Crippen LogP contribution >= 0.6 is 0 Å². The second kappa shape index (κ2) is 12.7. The Kier molecular flexibility index (Phi) is 8.88. The summed E-state index contributed by atoms with van der Waals surface area (Å²) in [6, 6.07) is 19.7. The number of nitrogens with one attached hydrogen (secondary N) is 1. The normalized spacial score (nSPS) is 13.5. The standard InChI is InChI=1S/C29H31N3O3/c1-2-6-24-19-27(35-18-15-32-13-16-34-17-14-32)11-12-28(24)25-9-10-26(30-22-25)20-29(33)31-21-23-7-4-3-5-8-23/h3-5,7-12,19,22H,13-18,20-21H2,1H3,(H,31,33). The zero-order valence-electron chi connectivity index (χ0n) is 20.1. The molecule has 1 aromatic heterocycles. The van der Waals surface area contributed by atoms with Crippen LogP contribution in [-0.2, 0) is 22.5 Å². The molecule has 0 unspecified atom stereocenters. The molecule has 1 amide bonds. The average Bonchev–Trinajstić information content (AvgIpc) is 2.90. The highest BCUT2D eigenvalue weighted by atomic mass is 16.5. The van der Waals surface area contributed by atoms with E-state index in [1.54, 1.807) is 6.20 Å². The largest absolute Gasteiger partial charge is 0.492 e. The van der Waals surface area contributed by atoms with Gasteiger partial charge >= 0.3 is 0 Å². The van der Waals surface area contributed by atoms with E-state index in [0.717, 1.165) is 66.5 Å². The lowest BCUT2D eigenvalue weighted by atomic mass is 10.0. The first-order valence-electron chi connectivity index (χ1n) is 12.0. The average molecular weight is 470 g/mol. The van der Waals surface area contributed by atoms with Crippen LogP contribution < -0.4 is 10.1 Å². The van der Waals surface area contributed by atoms with Crippen molar-refractivity contribution in [2.75, 3.05) is 39.5 Å². The van der Waals surface area contributed by atoms with E-state index in [9.17, 15) is 4.79 Å². The molecule has 1 aliphatic heterocycles. The molecule has 0 aliphatic carbocycles. The van der Waals surface area contributed by atoms with E-state index in [1.165, 1.54) is 0 Å².